The molecule has 0 bridgehead atoms. The van der Waals surface area contributed by atoms with Crippen molar-refractivity contribution in [3.8, 4) is 17.2 Å². The van der Waals surface area contributed by atoms with Crippen molar-refractivity contribution in [2.45, 2.75) is 18.9 Å². The van der Waals surface area contributed by atoms with Gasteiger partial charge < -0.3 is 24.3 Å². The minimum absolute atomic E-state index is 0. The van der Waals surface area contributed by atoms with Gasteiger partial charge in [0, 0.05) is 19.7 Å². The van der Waals surface area contributed by atoms with Gasteiger partial charge in [-0.15, -0.1) is 12.4 Å². The Morgan fingerprint density at radius 2 is 1.95 bits per heavy atom. The number of para-hydroxylation sites is 1. The summed E-state index contributed by atoms with van der Waals surface area (Å²) < 4.78 is 21.9. The van der Waals surface area contributed by atoms with Crippen molar-refractivity contribution < 1.29 is 18.9 Å². The molecule has 1 saturated heterocycles. The highest BCUT2D eigenvalue weighted by Gasteiger charge is 2.14. The molecule has 1 aliphatic rings. The van der Waals surface area contributed by atoms with Crippen LogP contribution in [0.1, 0.15) is 12.8 Å². The van der Waals surface area contributed by atoms with Gasteiger partial charge in [-0.3, -0.25) is 0 Å². The first-order valence-electron chi connectivity index (χ1n) is 7.01. The number of hydrogen-bond donors (Lipinski definition) is 1. The Kier molecular flexibility index (Phi) is 8.27. The number of benzene rings is 1. The Balaban J connectivity index is 0.00000220. The molecule has 2 rings (SSSR count). The van der Waals surface area contributed by atoms with Crippen LogP contribution in [-0.2, 0) is 4.74 Å². The van der Waals surface area contributed by atoms with E-state index in [4.69, 9.17) is 18.9 Å². The molecule has 0 aromatic heterocycles. The van der Waals surface area contributed by atoms with Crippen molar-refractivity contribution in [3.05, 3.63) is 18.2 Å². The number of hydrogen-bond acceptors (Lipinski definition) is 5. The maximum atomic E-state index is 5.76. The SMILES string of the molecule is COc1cccc(OC)c1OCCNCC1CCCO1.Cl. The molecule has 0 amide bonds. The van der Waals surface area contributed by atoms with E-state index in [-0.39, 0.29) is 12.4 Å². The van der Waals surface area contributed by atoms with Crippen LogP contribution in [0.2, 0.25) is 0 Å². The van der Waals surface area contributed by atoms with E-state index < -0.39 is 0 Å². The van der Waals surface area contributed by atoms with Crippen molar-refractivity contribution in [1.29, 1.82) is 0 Å². The summed E-state index contributed by atoms with van der Waals surface area (Å²) in [6, 6.07) is 5.59. The number of rotatable bonds is 8. The Hall–Kier alpha value is -1.17. The van der Waals surface area contributed by atoms with E-state index in [9.17, 15) is 0 Å². The van der Waals surface area contributed by atoms with Gasteiger partial charge in [0.05, 0.1) is 20.3 Å². The molecule has 120 valence electrons. The third kappa shape index (κ3) is 5.26. The number of ether oxygens (including phenoxy) is 4. The van der Waals surface area contributed by atoms with Gasteiger partial charge in [0.1, 0.15) is 6.61 Å². The fourth-order valence-electron chi connectivity index (χ4n) is 2.25. The molecule has 0 spiro atoms. The molecule has 1 aromatic rings. The molecule has 5 nitrogen and oxygen atoms in total. The van der Waals surface area contributed by atoms with Crippen molar-refractivity contribution in [3.63, 3.8) is 0 Å². The highest BCUT2D eigenvalue weighted by Crippen LogP contribution is 2.36. The second-order valence-corrected chi connectivity index (χ2v) is 4.68. The molecule has 0 aliphatic carbocycles. The maximum absolute atomic E-state index is 5.76. The van der Waals surface area contributed by atoms with Crippen LogP contribution < -0.4 is 19.5 Å². The van der Waals surface area contributed by atoms with Gasteiger partial charge in [0.15, 0.2) is 11.5 Å². The largest absolute Gasteiger partial charge is 0.493 e. The van der Waals surface area contributed by atoms with Crippen molar-refractivity contribution in [2.75, 3.05) is 40.5 Å². The first-order valence-corrected chi connectivity index (χ1v) is 7.01. The van der Waals surface area contributed by atoms with Crippen LogP contribution in [0.4, 0.5) is 0 Å². The third-order valence-electron chi connectivity index (χ3n) is 3.30. The highest BCUT2D eigenvalue weighted by molar-refractivity contribution is 5.85. The summed E-state index contributed by atoms with van der Waals surface area (Å²) in [5.41, 5.74) is 0. The smallest absolute Gasteiger partial charge is 0.203 e. The zero-order valence-corrected chi connectivity index (χ0v) is 13.4. The number of halogens is 1. The quantitative estimate of drug-likeness (QED) is 0.745. The Morgan fingerprint density at radius 3 is 2.52 bits per heavy atom. The van der Waals surface area contributed by atoms with E-state index in [0.717, 1.165) is 26.1 Å². The summed E-state index contributed by atoms with van der Waals surface area (Å²) in [4.78, 5) is 0. The van der Waals surface area contributed by atoms with Gasteiger partial charge in [0.25, 0.3) is 0 Å². The fourth-order valence-corrected chi connectivity index (χ4v) is 2.25. The van der Waals surface area contributed by atoms with Gasteiger partial charge in [-0.25, -0.2) is 0 Å². The first kappa shape index (κ1) is 17.9. The van der Waals surface area contributed by atoms with Crippen LogP contribution in [0.3, 0.4) is 0 Å². The molecule has 1 N–H and O–H groups in total. The summed E-state index contributed by atoms with van der Waals surface area (Å²) in [5.74, 6) is 2.02. The van der Waals surface area contributed by atoms with Crippen molar-refractivity contribution >= 4 is 12.4 Å². The van der Waals surface area contributed by atoms with Crippen LogP contribution in [0.5, 0.6) is 17.2 Å². The van der Waals surface area contributed by atoms with Crippen LogP contribution in [0.15, 0.2) is 18.2 Å². The summed E-state index contributed by atoms with van der Waals surface area (Å²) in [5, 5.41) is 3.34. The Labute approximate surface area is 132 Å². The monoisotopic (exact) mass is 317 g/mol. The molecular weight excluding hydrogens is 294 g/mol. The predicted octanol–water partition coefficient (Wildman–Crippen LogP) is 2.27. The van der Waals surface area contributed by atoms with E-state index in [1.54, 1.807) is 14.2 Å². The lowest BCUT2D eigenvalue weighted by atomic mass is 10.2. The van der Waals surface area contributed by atoms with E-state index in [2.05, 4.69) is 5.32 Å². The van der Waals surface area contributed by atoms with E-state index in [1.807, 2.05) is 18.2 Å². The van der Waals surface area contributed by atoms with Gasteiger partial charge in [-0.05, 0) is 25.0 Å². The summed E-state index contributed by atoms with van der Waals surface area (Å²) in [6.45, 7) is 3.10. The molecule has 0 radical (unpaired) electrons. The van der Waals surface area contributed by atoms with E-state index >= 15 is 0 Å². The lowest BCUT2D eigenvalue weighted by Crippen LogP contribution is -2.29. The zero-order valence-electron chi connectivity index (χ0n) is 12.6. The molecule has 1 aliphatic heterocycles. The van der Waals surface area contributed by atoms with E-state index in [0.29, 0.717) is 30.0 Å². The zero-order chi connectivity index (χ0) is 14.2. The van der Waals surface area contributed by atoms with Crippen molar-refractivity contribution in [1.82, 2.24) is 5.32 Å². The number of methoxy groups -OCH3 is 2. The molecule has 0 saturated carbocycles. The second kappa shape index (κ2) is 9.71. The minimum atomic E-state index is 0. The Bertz CT molecular complexity index is 388. The van der Waals surface area contributed by atoms with Crippen LogP contribution in [0.25, 0.3) is 0 Å². The lowest BCUT2D eigenvalue weighted by molar-refractivity contribution is 0.109. The molecule has 1 fully saturated rings. The predicted molar refractivity (Wildman–Crippen MR) is 84.1 cm³/mol. The van der Waals surface area contributed by atoms with E-state index in [1.165, 1.54) is 6.42 Å². The molecule has 1 unspecified atom stereocenters. The second-order valence-electron chi connectivity index (χ2n) is 4.68. The Morgan fingerprint density at radius 1 is 1.24 bits per heavy atom. The normalized spacial score (nSPS) is 17.1. The summed E-state index contributed by atoms with van der Waals surface area (Å²) >= 11 is 0. The standard InChI is InChI=1S/C15H23NO4.ClH/c1-17-13-6-3-7-14(18-2)15(13)20-10-8-16-11-12-5-4-9-19-12;/h3,6-7,12,16H,4-5,8-11H2,1-2H3;1H. The summed E-state index contributed by atoms with van der Waals surface area (Å²) in [6.07, 6.45) is 2.67. The van der Waals surface area contributed by atoms with Gasteiger partial charge in [-0.2, -0.15) is 0 Å². The molecule has 21 heavy (non-hydrogen) atoms. The molecular formula is C15H24ClNO4. The van der Waals surface area contributed by atoms with Crippen LogP contribution in [-0.4, -0.2) is 46.6 Å². The average molecular weight is 318 g/mol. The fraction of sp³-hybridized carbons (Fsp3) is 0.600. The van der Waals surface area contributed by atoms with Gasteiger partial charge >= 0.3 is 0 Å². The molecule has 6 heteroatoms. The maximum Gasteiger partial charge on any atom is 0.203 e. The molecule has 1 atom stereocenters. The average Bonchev–Trinajstić information content (AvgIpc) is 3.00. The molecule has 1 aromatic carbocycles. The van der Waals surface area contributed by atoms with Gasteiger partial charge in [-0.1, -0.05) is 6.07 Å². The summed E-state index contributed by atoms with van der Waals surface area (Å²) in [7, 11) is 3.24. The van der Waals surface area contributed by atoms with Crippen molar-refractivity contribution in [2.24, 2.45) is 0 Å². The molecule has 1 heterocycles. The van der Waals surface area contributed by atoms with Crippen LogP contribution in [0, 0.1) is 0 Å². The van der Waals surface area contributed by atoms with Crippen LogP contribution >= 0.6 is 12.4 Å². The highest BCUT2D eigenvalue weighted by atomic mass is 35.5. The lowest BCUT2D eigenvalue weighted by Gasteiger charge is -2.15. The third-order valence-corrected chi connectivity index (χ3v) is 3.30. The topological polar surface area (TPSA) is 49.0 Å². The number of nitrogens with one attached hydrogen (secondary N) is 1. The van der Waals surface area contributed by atoms with Gasteiger partial charge in [0.2, 0.25) is 5.75 Å². The minimum Gasteiger partial charge on any atom is -0.493 e. The first-order chi connectivity index (χ1) is 9.85.